The lowest BCUT2D eigenvalue weighted by Gasteiger charge is -2.36. The van der Waals surface area contributed by atoms with Crippen LogP contribution in [0.2, 0.25) is 0 Å². The van der Waals surface area contributed by atoms with Crippen LogP contribution in [0.25, 0.3) is 0 Å². The molecule has 1 aromatic rings. The molecule has 3 nitrogen and oxygen atoms in total. The number of fused-ring (bicyclic) bond motifs is 1. The van der Waals surface area contributed by atoms with E-state index in [1.165, 1.54) is 5.57 Å². The number of aliphatic hydroxyl groups is 1. The van der Waals surface area contributed by atoms with Crippen LogP contribution in [0.4, 0.5) is 0 Å². The number of rotatable bonds is 2. The second-order valence-corrected chi connectivity index (χ2v) is 5.75. The fourth-order valence-electron chi connectivity index (χ4n) is 2.16. The third-order valence-corrected chi connectivity index (χ3v) is 3.36. The molecule has 1 aromatic carbocycles. The number of ketones is 1. The third-order valence-electron chi connectivity index (χ3n) is 3.36. The molecule has 1 aliphatic heterocycles. The zero-order valence-electron chi connectivity index (χ0n) is 11.9. The van der Waals surface area contributed by atoms with E-state index in [1.54, 1.807) is 19.9 Å². The van der Waals surface area contributed by atoms with Gasteiger partial charge in [0.25, 0.3) is 0 Å². The number of carbonyl (C=O) groups is 1. The number of hydrogen-bond donors (Lipinski definition) is 1. The van der Waals surface area contributed by atoms with Crippen LogP contribution in [0.3, 0.4) is 0 Å². The first-order valence-corrected chi connectivity index (χ1v) is 6.49. The van der Waals surface area contributed by atoms with Gasteiger partial charge in [0.2, 0.25) is 0 Å². The van der Waals surface area contributed by atoms with Gasteiger partial charge in [0.05, 0.1) is 5.56 Å². The van der Waals surface area contributed by atoms with Crippen molar-refractivity contribution in [1.82, 2.24) is 0 Å². The molecule has 102 valence electrons. The first-order chi connectivity index (χ1) is 8.83. The molecule has 0 aliphatic carbocycles. The quantitative estimate of drug-likeness (QED) is 0.832. The van der Waals surface area contributed by atoms with Gasteiger partial charge in [-0.1, -0.05) is 23.8 Å². The Balaban J connectivity index is 2.47. The van der Waals surface area contributed by atoms with E-state index in [1.807, 2.05) is 26.0 Å². The van der Waals surface area contributed by atoms with E-state index >= 15 is 0 Å². The number of allylic oxidation sites excluding steroid dienone is 2. The van der Waals surface area contributed by atoms with Crippen LogP contribution >= 0.6 is 0 Å². The zero-order chi connectivity index (χ0) is 14.2. The molecule has 0 saturated carbocycles. The minimum absolute atomic E-state index is 0.259. The van der Waals surface area contributed by atoms with Gasteiger partial charge >= 0.3 is 0 Å². The number of ether oxygens (including phenoxy) is 1. The smallest absolute Gasteiger partial charge is 0.199 e. The molecule has 0 bridgehead atoms. The SMILES string of the molecule is CC(C)=CCc1cccc2c1OC(C)(C)[C@@H](O)C2=O. The summed E-state index contributed by atoms with van der Waals surface area (Å²) in [6.45, 7) is 7.54. The average Bonchev–Trinajstić information content (AvgIpc) is 2.33. The molecular formula is C16H20O3. The Hall–Kier alpha value is -1.61. The molecule has 1 aliphatic rings. The van der Waals surface area contributed by atoms with E-state index in [9.17, 15) is 9.90 Å². The number of aliphatic hydroxyl groups excluding tert-OH is 1. The molecule has 2 rings (SSSR count). The molecule has 19 heavy (non-hydrogen) atoms. The van der Waals surface area contributed by atoms with Crippen molar-refractivity contribution in [2.45, 2.75) is 45.8 Å². The van der Waals surface area contributed by atoms with Crippen LogP contribution in [0, 0.1) is 0 Å². The first kappa shape index (κ1) is 13.8. The average molecular weight is 260 g/mol. The molecular weight excluding hydrogens is 240 g/mol. The monoisotopic (exact) mass is 260 g/mol. The second-order valence-electron chi connectivity index (χ2n) is 5.75. The molecule has 1 atom stereocenters. The van der Waals surface area contributed by atoms with Crippen molar-refractivity contribution in [3.8, 4) is 5.75 Å². The maximum Gasteiger partial charge on any atom is 0.199 e. The van der Waals surface area contributed by atoms with E-state index in [0.29, 0.717) is 11.3 Å². The molecule has 0 amide bonds. The van der Waals surface area contributed by atoms with Gasteiger partial charge in [-0.05, 0) is 45.7 Å². The topological polar surface area (TPSA) is 46.5 Å². The summed E-state index contributed by atoms with van der Waals surface area (Å²) >= 11 is 0. The number of para-hydroxylation sites is 1. The zero-order valence-corrected chi connectivity index (χ0v) is 11.9. The van der Waals surface area contributed by atoms with Crippen molar-refractivity contribution >= 4 is 5.78 Å². The van der Waals surface area contributed by atoms with Crippen molar-refractivity contribution in [1.29, 1.82) is 0 Å². The second kappa shape index (κ2) is 4.82. The number of hydrogen-bond acceptors (Lipinski definition) is 3. The Kier molecular flexibility index (Phi) is 3.50. The maximum atomic E-state index is 12.2. The predicted octanol–water partition coefficient (Wildman–Crippen LogP) is 2.91. The molecule has 0 unspecified atom stereocenters. The third kappa shape index (κ3) is 2.56. The van der Waals surface area contributed by atoms with Gasteiger partial charge in [-0.15, -0.1) is 0 Å². The summed E-state index contributed by atoms with van der Waals surface area (Å²) in [5, 5.41) is 9.97. The standard InChI is InChI=1S/C16H20O3/c1-10(2)8-9-11-6-5-7-12-13(17)15(18)16(3,4)19-14(11)12/h5-8,15,18H,9H2,1-4H3/t15-/m0/s1. The minimum Gasteiger partial charge on any atom is -0.484 e. The van der Waals surface area contributed by atoms with Crippen molar-refractivity contribution in [2.75, 3.05) is 0 Å². The fraction of sp³-hybridized carbons (Fsp3) is 0.438. The van der Waals surface area contributed by atoms with Crippen molar-refractivity contribution in [3.63, 3.8) is 0 Å². The lowest BCUT2D eigenvalue weighted by molar-refractivity contribution is -0.0254. The van der Waals surface area contributed by atoms with Crippen LogP contribution in [0.1, 0.15) is 43.6 Å². The summed E-state index contributed by atoms with van der Waals surface area (Å²) < 4.78 is 5.87. The van der Waals surface area contributed by atoms with Crippen LogP contribution in [0.15, 0.2) is 29.8 Å². The van der Waals surface area contributed by atoms with Gasteiger partial charge in [0, 0.05) is 0 Å². The van der Waals surface area contributed by atoms with E-state index in [4.69, 9.17) is 4.74 Å². The first-order valence-electron chi connectivity index (χ1n) is 6.49. The molecule has 0 spiro atoms. The lowest BCUT2D eigenvalue weighted by Crippen LogP contribution is -2.50. The fourth-order valence-corrected chi connectivity index (χ4v) is 2.16. The molecule has 0 aromatic heterocycles. The van der Waals surface area contributed by atoms with E-state index < -0.39 is 11.7 Å². The van der Waals surface area contributed by atoms with Crippen LogP contribution < -0.4 is 4.74 Å². The van der Waals surface area contributed by atoms with Crippen LogP contribution in [0.5, 0.6) is 5.75 Å². The minimum atomic E-state index is -1.11. The van der Waals surface area contributed by atoms with Gasteiger partial charge in [0.15, 0.2) is 11.9 Å². The highest BCUT2D eigenvalue weighted by molar-refractivity contribution is 6.03. The van der Waals surface area contributed by atoms with Crippen molar-refractivity contribution in [3.05, 3.63) is 41.0 Å². The summed E-state index contributed by atoms with van der Waals surface area (Å²) in [5.41, 5.74) is 1.79. The van der Waals surface area contributed by atoms with Crippen LogP contribution in [-0.4, -0.2) is 22.6 Å². The molecule has 3 heteroatoms. The molecule has 1 N–H and O–H groups in total. The Bertz CT molecular complexity index is 537. The molecule has 0 fully saturated rings. The Labute approximate surface area is 113 Å². The summed E-state index contributed by atoms with van der Waals surface area (Å²) in [6, 6.07) is 5.50. The summed E-state index contributed by atoms with van der Waals surface area (Å²) in [4.78, 5) is 12.2. The summed E-state index contributed by atoms with van der Waals surface area (Å²) in [6.07, 6.45) is 1.71. The molecule has 1 heterocycles. The van der Waals surface area contributed by atoms with Gasteiger partial charge < -0.3 is 9.84 Å². The maximum absolute atomic E-state index is 12.2. The van der Waals surface area contributed by atoms with Gasteiger partial charge in [-0.25, -0.2) is 0 Å². The van der Waals surface area contributed by atoms with Crippen LogP contribution in [-0.2, 0) is 6.42 Å². The predicted molar refractivity (Wildman–Crippen MR) is 74.6 cm³/mol. The Morgan fingerprint density at radius 1 is 1.42 bits per heavy atom. The highest BCUT2D eigenvalue weighted by Gasteiger charge is 2.42. The van der Waals surface area contributed by atoms with E-state index in [0.717, 1.165) is 12.0 Å². The van der Waals surface area contributed by atoms with Crippen molar-refractivity contribution < 1.29 is 14.6 Å². The molecule has 0 radical (unpaired) electrons. The Morgan fingerprint density at radius 3 is 2.74 bits per heavy atom. The lowest BCUT2D eigenvalue weighted by atomic mass is 9.88. The van der Waals surface area contributed by atoms with Crippen molar-refractivity contribution in [2.24, 2.45) is 0 Å². The highest BCUT2D eigenvalue weighted by Crippen LogP contribution is 2.36. The van der Waals surface area contributed by atoms with Gasteiger partial charge in [-0.2, -0.15) is 0 Å². The summed E-state index contributed by atoms with van der Waals surface area (Å²) in [5.74, 6) is 0.352. The Morgan fingerprint density at radius 2 is 2.11 bits per heavy atom. The highest BCUT2D eigenvalue weighted by atomic mass is 16.5. The summed E-state index contributed by atoms with van der Waals surface area (Å²) in [7, 11) is 0. The van der Waals surface area contributed by atoms with E-state index in [2.05, 4.69) is 6.08 Å². The normalized spacial score (nSPS) is 20.5. The number of carbonyl (C=O) groups excluding carboxylic acids is 1. The van der Waals surface area contributed by atoms with E-state index in [-0.39, 0.29) is 5.78 Å². The van der Waals surface area contributed by atoms with Gasteiger partial charge in [-0.3, -0.25) is 4.79 Å². The number of Topliss-reactive ketones (excluding diaryl/α,β-unsaturated/α-hetero) is 1. The largest absolute Gasteiger partial charge is 0.484 e. The molecule has 0 saturated heterocycles. The van der Waals surface area contributed by atoms with Gasteiger partial charge in [0.1, 0.15) is 11.4 Å². The number of benzene rings is 1.